The van der Waals surface area contributed by atoms with E-state index in [1.54, 1.807) is 13.2 Å². The Labute approximate surface area is 166 Å². The quantitative estimate of drug-likeness (QED) is 0.484. The average Bonchev–Trinajstić information content (AvgIpc) is 3.07. The van der Waals surface area contributed by atoms with Gasteiger partial charge in [-0.15, -0.1) is 0 Å². The summed E-state index contributed by atoms with van der Waals surface area (Å²) in [6, 6.07) is 13.9. The molecular formula is C22H21N5O2. The smallest absolute Gasteiger partial charge is 0.326 e. The third kappa shape index (κ3) is 3.48. The molecule has 29 heavy (non-hydrogen) atoms. The van der Waals surface area contributed by atoms with E-state index in [0.717, 1.165) is 39.6 Å². The molecule has 4 heterocycles. The summed E-state index contributed by atoms with van der Waals surface area (Å²) in [6.45, 7) is 2.25. The number of aryl methyl sites for hydroxylation is 1. The SMILES string of the molecule is CCCO.Cn1c(=O)[nH]c2c3nc(-c4cnc5ccccc5c4)ccc3ncc21. The maximum absolute atomic E-state index is 11.9. The minimum Gasteiger partial charge on any atom is -0.396 e. The first-order valence-electron chi connectivity index (χ1n) is 9.43. The number of nitrogens with zero attached hydrogens (tertiary/aromatic N) is 4. The first-order chi connectivity index (χ1) is 14.1. The molecule has 0 aliphatic carbocycles. The van der Waals surface area contributed by atoms with Crippen LogP contribution in [-0.4, -0.2) is 36.2 Å². The summed E-state index contributed by atoms with van der Waals surface area (Å²) in [5, 5.41) is 8.94. The van der Waals surface area contributed by atoms with Gasteiger partial charge in [-0.3, -0.25) is 14.5 Å². The van der Waals surface area contributed by atoms with Crippen molar-refractivity contribution in [2.24, 2.45) is 7.05 Å². The van der Waals surface area contributed by atoms with Crippen LogP contribution in [0.4, 0.5) is 0 Å². The van der Waals surface area contributed by atoms with E-state index in [2.05, 4.69) is 21.0 Å². The highest BCUT2D eigenvalue weighted by Gasteiger charge is 2.11. The van der Waals surface area contributed by atoms with Gasteiger partial charge in [-0.25, -0.2) is 9.78 Å². The summed E-state index contributed by atoms with van der Waals surface area (Å²) in [4.78, 5) is 28.5. The van der Waals surface area contributed by atoms with Gasteiger partial charge >= 0.3 is 5.69 Å². The van der Waals surface area contributed by atoms with Crippen molar-refractivity contribution in [3.63, 3.8) is 0 Å². The zero-order chi connectivity index (χ0) is 20.4. The van der Waals surface area contributed by atoms with E-state index >= 15 is 0 Å². The van der Waals surface area contributed by atoms with Crippen molar-refractivity contribution in [3.05, 3.63) is 65.3 Å². The lowest BCUT2D eigenvalue weighted by molar-refractivity contribution is 0.295. The number of hydrogen-bond acceptors (Lipinski definition) is 5. The van der Waals surface area contributed by atoms with Gasteiger partial charge in [0.25, 0.3) is 0 Å². The molecule has 5 rings (SSSR count). The van der Waals surface area contributed by atoms with E-state index in [-0.39, 0.29) is 5.69 Å². The summed E-state index contributed by atoms with van der Waals surface area (Å²) in [5.74, 6) is 0. The van der Waals surface area contributed by atoms with E-state index < -0.39 is 0 Å². The molecule has 7 nitrogen and oxygen atoms in total. The molecule has 0 aliphatic heterocycles. The lowest BCUT2D eigenvalue weighted by atomic mass is 10.1. The van der Waals surface area contributed by atoms with Crippen molar-refractivity contribution in [1.82, 2.24) is 24.5 Å². The summed E-state index contributed by atoms with van der Waals surface area (Å²) in [6.07, 6.45) is 4.38. The Morgan fingerprint density at radius 1 is 1.07 bits per heavy atom. The topological polar surface area (TPSA) is 96.7 Å². The molecule has 1 aromatic carbocycles. The second kappa shape index (κ2) is 7.81. The summed E-state index contributed by atoms with van der Waals surface area (Å²) < 4.78 is 1.54. The van der Waals surface area contributed by atoms with E-state index in [9.17, 15) is 4.79 Å². The van der Waals surface area contributed by atoms with Crippen molar-refractivity contribution in [2.45, 2.75) is 13.3 Å². The van der Waals surface area contributed by atoms with Gasteiger partial charge in [0.05, 0.1) is 34.0 Å². The second-order valence-electron chi connectivity index (χ2n) is 6.71. The summed E-state index contributed by atoms with van der Waals surface area (Å²) in [7, 11) is 1.71. The van der Waals surface area contributed by atoms with Crippen LogP contribution < -0.4 is 5.69 Å². The van der Waals surface area contributed by atoms with Crippen LogP contribution in [0, 0.1) is 0 Å². The number of para-hydroxylation sites is 1. The van der Waals surface area contributed by atoms with Gasteiger partial charge in [-0.1, -0.05) is 25.1 Å². The number of pyridine rings is 3. The van der Waals surface area contributed by atoms with Crippen LogP contribution in [-0.2, 0) is 7.05 Å². The monoisotopic (exact) mass is 387 g/mol. The number of H-pyrrole nitrogens is 1. The summed E-state index contributed by atoms with van der Waals surface area (Å²) >= 11 is 0. The predicted octanol–water partition coefficient (Wildman–Crippen LogP) is 3.41. The highest BCUT2D eigenvalue weighted by Crippen LogP contribution is 2.25. The van der Waals surface area contributed by atoms with E-state index in [1.165, 1.54) is 4.57 Å². The number of fused-ring (bicyclic) bond motifs is 4. The van der Waals surface area contributed by atoms with Crippen molar-refractivity contribution in [1.29, 1.82) is 0 Å². The molecule has 0 unspecified atom stereocenters. The maximum Gasteiger partial charge on any atom is 0.326 e. The lowest BCUT2D eigenvalue weighted by Crippen LogP contribution is -2.11. The number of hydrogen-bond donors (Lipinski definition) is 2. The fourth-order valence-corrected chi connectivity index (χ4v) is 3.11. The highest BCUT2D eigenvalue weighted by atomic mass is 16.2. The first-order valence-corrected chi connectivity index (χ1v) is 9.43. The number of rotatable bonds is 2. The number of aliphatic hydroxyl groups is 1. The minimum absolute atomic E-state index is 0.177. The Morgan fingerprint density at radius 3 is 2.62 bits per heavy atom. The lowest BCUT2D eigenvalue weighted by Gasteiger charge is -2.05. The molecule has 0 amide bonds. The molecule has 0 fully saturated rings. The van der Waals surface area contributed by atoms with Crippen LogP contribution in [0.15, 0.2) is 59.7 Å². The molecule has 0 aliphatic rings. The standard InChI is InChI=1S/C19H13N5O.C3H8O/c1-24-16-10-21-15-7-6-14(22-17(15)18(16)23-19(24)25)12-8-11-4-2-3-5-13(11)20-9-12;1-2-3-4/h2-10H,1H3,(H,23,25);4H,2-3H2,1H3. The molecule has 0 spiro atoms. The van der Waals surface area contributed by atoms with Crippen LogP contribution in [0.3, 0.4) is 0 Å². The van der Waals surface area contributed by atoms with Gasteiger partial charge in [-0.05, 0) is 30.7 Å². The number of aromatic nitrogens is 5. The Balaban J connectivity index is 0.000000472. The molecule has 0 saturated heterocycles. The molecule has 5 aromatic rings. The number of imidazole rings is 1. The van der Waals surface area contributed by atoms with Gasteiger partial charge < -0.3 is 10.1 Å². The molecule has 0 radical (unpaired) electrons. The predicted molar refractivity (Wildman–Crippen MR) is 115 cm³/mol. The van der Waals surface area contributed by atoms with Crippen molar-refractivity contribution in [2.75, 3.05) is 6.61 Å². The van der Waals surface area contributed by atoms with Crippen LogP contribution in [0.25, 0.3) is 44.2 Å². The van der Waals surface area contributed by atoms with Crippen molar-refractivity contribution in [3.8, 4) is 11.3 Å². The molecule has 0 atom stereocenters. The fourth-order valence-electron chi connectivity index (χ4n) is 3.11. The van der Waals surface area contributed by atoms with Crippen LogP contribution in [0.1, 0.15) is 13.3 Å². The van der Waals surface area contributed by atoms with Crippen molar-refractivity contribution < 1.29 is 5.11 Å². The number of aliphatic hydroxyl groups excluding tert-OH is 1. The van der Waals surface area contributed by atoms with Gasteiger partial charge in [-0.2, -0.15) is 0 Å². The second-order valence-corrected chi connectivity index (χ2v) is 6.71. The third-order valence-corrected chi connectivity index (χ3v) is 4.70. The Bertz CT molecular complexity index is 1370. The van der Waals surface area contributed by atoms with Gasteiger partial charge in [0.2, 0.25) is 0 Å². The molecule has 0 saturated carbocycles. The van der Waals surface area contributed by atoms with Crippen LogP contribution >= 0.6 is 0 Å². The normalized spacial score (nSPS) is 11.0. The Kier molecular flexibility index (Phi) is 5.05. The fraction of sp³-hybridized carbons (Fsp3) is 0.182. The number of aromatic amines is 1. The minimum atomic E-state index is -0.177. The van der Waals surface area contributed by atoms with Crippen LogP contribution in [0.2, 0.25) is 0 Å². The molecule has 4 aromatic heterocycles. The number of nitrogens with one attached hydrogen (secondary N) is 1. The molecule has 7 heteroatoms. The van der Waals surface area contributed by atoms with E-state index in [0.29, 0.717) is 17.6 Å². The van der Waals surface area contributed by atoms with E-state index in [1.807, 2.05) is 49.5 Å². The average molecular weight is 387 g/mol. The van der Waals surface area contributed by atoms with Gasteiger partial charge in [0, 0.05) is 30.8 Å². The zero-order valence-corrected chi connectivity index (χ0v) is 16.3. The Morgan fingerprint density at radius 2 is 1.83 bits per heavy atom. The molecule has 146 valence electrons. The van der Waals surface area contributed by atoms with Gasteiger partial charge in [0.15, 0.2) is 0 Å². The zero-order valence-electron chi connectivity index (χ0n) is 16.3. The Hall–Kier alpha value is -3.58. The highest BCUT2D eigenvalue weighted by molar-refractivity contribution is 6.00. The largest absolute Gasteiger partial charge is 0.396 e. The molecular weight excluding hydrogens is 366 g/mol. The maximum atomic E-state index is 11.9. The van der Waals surface area contributed by atoms with E-state index in [4.69, 9.17) is 10.1 Å². The van der Waals surface area contributed by atoms with Gasteiger partial charge in [0.1, 0.15) is 5.52 Å². The van der Waals surface area contributed by atoms with Crippen LogP contribution in [0.5, 0.6) is 0 Å². The number of benzene rings is 1. The molecule has 2 N–H and O–H groups in total. The third-order valence-electron chi connectivity index (χ3n) is 4.70. The molecule has 0 bridgehead atoms. The first kappa shape index (κ1) is 18.8. The summed E-state index contributed by atoms with van der Waals surface area (Å²) in [5.41, 5.74) is 5.35. The van der Waals surface area contributed by atoms with Crippen molar-refractivity contribution >= 4 is 33.0 Å².